The Hall–Kier alpha value is -1.07. The molecule has 0 aliphatic carbocycles. The molecular formula is C15H26FNO2Si. The van der Waals surface area contributed by atoms with Crippen LogP contribution in [0.2, 0.25) is 18.1 Å². The average Bonchev–Trinajstić information content (AvgIpc) is 2.31. The van der Waals surface area contributed by atoms with Gasteiger partial charge in [-0.2, -0.15) is 0 Å². The zero-order valence-corrected chi connectivity index (χ0v) is 14.3. The fraction of sp³-hybridized carbons (Fsp3) is 0.600. The van der Waals surface area contributed by atoms with E-state index in [1.165, 1.54) is 13.2 Å². The number of benzene rings is 1. The first-order chi connectivity index (χ1) is 9.12. The van der Waals surface area contributed by atoms with Gasteiger partial charge in [-0.3, -0.25) is 0 Å². The lowest BCUT2D eigenvalue weighted by atomic mass is 10.1. The molecule has 0 unspecified atom stereocenters. The molecule has 0 bridgehead atoms. The van der Waals surface area contributed by atoms with E-state index in [1.807, 2.05) is 0 Å². The van der Waals surface area contributed by atoms with Crippen LogP contribution in [-0.2, 0) is 6.42 Å². The van der Waals surface area contributed by atoms with Crippen molar-refractivity contribution in [2.75, 3.05) is 13.7 Å². The van der Waals surface area contributed by atoms with Crippen molar-refractivity contribution < 1.29 is 13.6 Å². The average molecular weight is 299 g/mol. The third kappa shape index (κ3) is 3.73. The lowest BCUT2D eigenvalue weighted by molar-refractivity contribution is 0.372. The van der Waals surface area contributed by atoms with Crippen LogP contribution in [0, 0.1) is 5.82 Å². The maximum Gasteiger partial charge on any atom is 0.250 e. The molecule has 0 aliphatic heterocycles. The summed E-state index contributed by atoms with van der Waals surface area (Å²) in [6.07, 6.45) is 0.619. The van der Waals surface area contributed by atoms with Gasteiger partial charge in [0.1, 0.15) is 0 Å². The van der Waals surface area contributed by atoms with Gasteiger partial charge in [-0.25, -0.2) is 4.39 Å². The van der Waals surface area contributed by atoms with Gasteiger partial charge in [0, 0.05) is 0 Å². The first kappa shape index (κ1) is 17.0. The van der Waals surface area contributed by atoms with Gasteiger partial charge < -0.3 is 14.9 Å². The summed E-state index contributed by atoms with van der Waals surface area (Å²) in [6.45, 7) is 11.0. The monoisotopic (exact) mass is 299 g/mol. The van der Waals surface area contributed by atoms with Gasteiger partial charge in [0.15, 0.2) is 17.3 Å². The Kier molecular flexibility index (Phi) is 5.21. The molecule has 0 radical (unpaired) electrons. The summed E-state index contributed by atoms with van der Waals surface area (Å²) in [5, 5.41) is 0.000378. The van der Waals surface area contributed by atoms with E-state index >= 15 is 0 Å². The Morgan fingerprint density at radius 3 is 2.30 bits per heavy atom. The largest absolute Gasteiger partial charge is 0.539 e. The second-order valence-electron chi connectivity index (χ2n) is 6.51. The fourth-order valence-electron chi connectivity index (χ4n) is 1.59. The Morgan fingerprint density at radius 2 is 1.85 bits per heavy atom. The van der Waals surface area contributed by atoms with Crippen LogP contribution in [0.15, 0.2) is 12.1 Å². The highest BCUT2D eigenvalue weighted by Gasteiger charge is 2.40. The molecule has 114 valence electrons. The topological polar surface area (TPSA) is 44.5 Å². The smallest absolute Gasteiger partial charge is 0.250 e. The highest BCUT2D eigenvalue weighted by atomic mass is 28.4. The van der Waals surface area contributed by atoms with Crippen LogP contribution in [-0.4, -0.2) is 22.0 Å². The number of nitrogens with two attached hydrogens (primary N) is 1. The maximum atomic E-state index is 14.3. The van der Waals surface area contributed by atoms with Crippen molar-refractivity contribution in [3.63, 3.8) is 0 Å². The lowest BCUT2D eigenvalue weighted by Crippen LogP contribution is -2.44. The fourth-order valence-corrected chi connectivity index (χ4v) is 2.61. The third-order valence-corrected chi connectivity index (χ3v) is 8.21. The molecule has 0 atom stereocenters. The van der Waals surface area contributed by atoms with E-state index in [0.29, 0.717) is 18.7 Å². The summed E-state index contributed by atoms with van der Waals surface area (Å²) < 4.78 is 25.7. The number of ether oxygens (including phenoxy) is 1. The third-order valence-electron chi connectivity index (χ3n) is 3.89. The van der Waals surface area contributed by atoms with Crippen LogP contribution in [0.3, 0.4) is 0 Å². The van der Waals surface area contributed by atoms with Crippen LogP contribution < -0.4 is 14.9 Å². The first-order valence-corrected chi connectivity index (χ1v) is 9.78. The summed E-state index contributed by atoms with van der Waals surface area (Å²) in [5.74, 6) is 0.288. The minimum Gasteiger partial charge on any atom is -0.539 e. The second-order valence-corrected chi connectivity index (χ2v) is 11.2. The molecule has 0 heterocycles. The van der Waals surface area contributed by atoms with Crippen molar-refractivity contribution in [3.05, 3.63) is 23.5 Å². The molecule has 0 aliphatic rings. The van der Waals surface area contributed by atoms with Crippen LogP contribution in [0.4, 0.5) is 4.39 Å². The van der Waals surface area contributed by atoms with Gasteiger partial charge >= 0.3 is 0 Å². The molecule has 1 aromatic carbocycles. The van der Waals surface area contributed by atoms with E-state index in [2.05, 4.69) is 33.9 Å². The SMILES string of the molecule is COc1cc(CCN)cc(F)c1O[Si](C)(C)C(C)(C)C. The van der Waals surface area contributed by atoms with E-state index in [-0.39, 0.29) is 16.6 Å². The zero-order chi connectivity index (χ0) is 15.6. The normalized spacial score (nSPS) is 12.4. The van der Waals surface area contributed by atoms with Crippen LogP contribution in [0.25, 0.3) is 0 Å². The van der Waals surface area contributed by atoms with Gasteiger partial charge in [-0.1, -0.05) is 20.8 Å². The molecule has 0 saturated carbocycles. The number of hydrogen-bond acceptors (Lipinski definition) is 3. The number of halogens is 1. The van der Waals surface area contributed by atoms with E-state index in [1.54, 1.807) is 6.07 Å². The van der Waals surface area contributed by atoms with Crippen molar-refractivity contribution in [2.24, 2.45) is 5.73 Å². The zero-order valence-electron chi connectivity index (χ0n) is 13.3. The Morgan fingerprint density at radius 1 is 1.25 bits per heavy atom. The van der Waals surface area contributed by atoms with Crippen LogP contribution in [0.5, 0.6) is 11.5 Å². The van der Waals surface area contributed by atoms with Crippen LogP contribution in [0.1, 0.15) is 26.3 Å². The van der Waals surface area contributed by atoms with Crippen molar-refractivity contribution in [1.29, 1.82) is 0 Å². The van der Waals surface area contributed by atoms with Gasteiger partial charge in [0.2, 0.25) is 0 Å². The lowest BCUT2D eigenvalue weighted by Gasteiger charge is -2.36. The molecular weight excluding hydrogens is 273 g/mol. The van der Waals surface area contributed by atoms with Crippen molar-refractivity contribution in [3.8, 4) is 11.5 Å². The summed E-state index contributed by atoms with van der Waals surface area (Å²) >= 11 is 0. The van der Waals surface area contributed by atoms with Gasteiger partial charge in [-0.05, 0) is 48.8 Å². The Bertz CT molecular complexity index is 470. The van der Waals surface area contributed by atoms with E-state index in [0.717, 1.165) is 5.56 Å². The second kappa shape index (κ2) is 6.14. The number of methoxy groups -OCH3 is 1. The molecule has 1 rings (SSSR count). The molecule has 20 heavy (non-hydrogen) atoms. The molecule has 0 amide bonds. The summed E-state index contributed by atoms with van der Waals surface area (Å²) in [5.41, 5.74) is 6.33. The predicted octanol–water partition coefficient (Wildman–Crippen LogP) is 3.72. The van der Waals surface area contributed by atoms with E-state index in [9.17, 15) is 4.39 Å². The minimum atomic E-state index is -2.11. The van der Waals surface area contributed by atoms with Crippen molar-refractivity contribution in [1.82, 2.24) is 0 Å². The van der Waals surface area contributed by atoms with Crippen molar-refractivity contribution in [2.45, 2.75) is 45.3 Å². The van der Waals surface area contributed by atoms with Crippen LogP contribution >= 0.6 is 0 Å². The molecule has 3 nitrogen and oxygen atoms in total. The highest BCUT2D eigenvalue weighted by molar-refractivity contribution is 6.74. The molecule has 5 heteroatoms. The Balaban J connectivity index is 3.18. The van der Waals surface area contributed by atoms with Crippen molar-refractivity contribution >= 4 is 8.32 Å². The standard InChI is InChI=1S/C15H26FNO2Si/c1-15(2,3)20(5,6)19-14-12(16)9-11(7-8-17)10-13(14)18-4/h9-10H,7-8,17H2,1-6H3. The molecule has 0 spiro atoms. The first-order valence-electron chi connectivity index (χ1n) is 6.88. The predicted molar refractivity (Wildman–Crippen MR) is 83.5 cm³/mol. The maximum absolute atomic E-state index is 14.3. The molecule has 0 saturated heterocycles. The minimum absolute atomic E-state index is 0.000378. The highest BCUT2D eigenvalue weighted by Crippen LogP contribution is 2.41. The van der Waals surface area contributed by atoms with Gasteiger partial charge in [-0.15, -0.1) is 0 Å². The summed E-state index contributed by atoms with van der Waals surface area (Å²) in [7, 11) is -0.578. The van der Waals surface area contributed by atoms with E-state index in [4.69, 9.17) is 14.9 Å². The van der Waals surface area contributed by atoms with Gasteiger partial charge in [0.25, 0.3) is 8.32 Å². The number of rotatable bonds is 5. The number of hydrogen-bond donors (Lipinski definition) is 1. The van der Waals surface area contributed by atoms with E-state index < -0.39 is 8.32 Å². The Labute approximate surface area is 122 Å². The molecule has 1 aromatic rings. The molecule has 0 aromatic heterocycles. The summed E-state index contributed by atoms with van der Waals surface area (Å²) in [4.78, 5) is 0. The van der Waals surface area contributed by atoms with Gasteiger partial charge in [0.05, 0.1) is 7.11 Å². The quantitative estimate of drug-likeness (QED) is 0.843. The molecule has 2 N–H and O–H groups in total. The summed E-state index contributed by atoms with van der Waals surface area (Å²) in [6, 6.07) is 3.29. The molecule has 0 fully saturated rings.